The average Bonchev–Trinajstić information content (AvgIpc) is 2.77. The van der Waals surface area contributed by atoms with Crippen LogP contribution < -0.4 is 9.62 Å². The Hall–Kier alpha value is -2.19. The van der Waals surface area contributed by atoms with E-state index in [0.717, 1.165) is 9.20 Å². The van der Waals surface area contributed by atoms with Crippen LogP contribution in [0.25, 0.3) is 0 Å². The van der Waals surface area contributed by atoms with Crippen LogP contribution >= 0.6 is 35.0 Å². The molecule has 5 nitrogen and oxygen atoms in total. The number of carbonyl (C=O) groups excluding carboxylic acids is 1. The summed E-state index contributed by atoms with van der Waals surface area (Å²) in [6.45, 7) is 0.0658. The third-order valence-electron chi connectivity index (χ3n) is 4.24. The largest absolute Gasteiger partial charge is 0.354 e. The number of benzene rings is 3. The molecule has 0 spiro atoms. The van der Waals surface area contributed by atoms with E-state index in [1.165, 1.54) is 24.3 Å². The van der Waals surface area contributed by atoms with Crippen LogP contribution in [-0.4, -0.2) is 33.2 Å². The fourth-order valence-electron chi connectivity index (χ4n) is 2.72. The van der Waals surface area contributed by atoms with Crippen molar-refractivity contribution in [3.8, 4) is 0 Å². The highest BCUT2D eigenvalue weighted by Gasteiger charge is 2.27. The molecular weight excluding hydrogens is 475 g/mol. The van der Waals surface area contributed by atoms with Crippen molar-refractivity contribution in [1.29, 1.82) is 0 Å². The summed E-state index contributed by atoms with van der Waals surface area (Å²) < 4.78 is 27.5. The molecule has 0 atom stereocenters. The van der Waals surface area contributed by atoms with Gasteiger partial charge >= 0.3 is 0 Å². The summed E-state index contributed by atoms with van der Waals surface area (Å²) in [5.74, 6) is 0.251. The van der Waals surface area contributed by atoms with Gasteiger partial charge < -0.3 is 5.32 Å². The van der Waals surface area contributed by atoms with Crippen molar-refractivity contribution in [2.45, 2.75) is 9.79 Å². The summed E-state index contributed by atoms with van der Waals surface area (Å²) in [4.78, 5) is 13.6. The molecule has 162 valence electrons. The zero-order valence-electron chi connectivity index (χ0n) is 16.4. The number of para-hydroxylation sites is 1. The van der Waals surface area contributed by atoms with E-state index >= 15 is 0 Å². The first kappa shape index (κ1) is 23.5. The van der Waals surface area contributed by atoms with Gasteiger partial charge in [-0.15, -0.1) is 11.8 Å². The van der Waals surface area contributed by atoms with Crippen molar-refractivity contribution < 1.29 is 13.2 Å². The Labute approximate surface area is 196 Å². The van der Waals surface area contributed by atoms with E-state index in [1.54, 1.807) is 42.1 Å². The number of nitrogens with one attached hydrogen (secondary N) is 1. The molecule has 1 amide bonds. The van der Waals surface area contributed by atoms with E-state index in [2.05, 4.69) is 5.32 Å². The number of anilines is 1. The standard InChI is InChI=1S/C22H20Cl2N2O3S2/c23-17-6-10-20(11-7-17)30-15-14-25-22(27)16-26(19-4-2-1-3-5-19)31(28,29)21-12-8-18(24)9-13-21/h1-13H,14-16H2,(H,25,27). The Morgan fingerprint density at radius 1 is 0.871 bits per heavy atom. The molecule has 0 saturated carbocycles. The SMILES string of the molecule is O=C(CN(c1ccccc1)S(=O)(=O)c1ccc(Cl)cc1)NCCSc1ccc(Cl)cc1. The minimum absolute atomic E-state index is 0.0619. The van der Waals surface area contributed by atoms with Crippen LogP contribution in [0, 0.1) is 0 Å². The van der Waals surface area contributed by atoms with Crippen LogP contribution in [0.5, 0.6) is 0 Å². The first-order valence-corrected chi connectivity index (χ1v) is 12.5. The summed E-state index contributed by atoms with van der Waals surface area (Å²) in [7, 11) is -3.95. The van der Waals surface area contributed by atoms with Crippen molar-refractivity contribution in [2.75, 3.05) is 23.1 Å². The van der Waals surface area contributed by atoms with E-state index in [9.17, 15) is 13.2 Å². The van der Waals surface area contributed by atoms with Crippen LogP contribution in [0.1, 0.15) is 0 Å². The first-order valence-electron chi connectivity index (χ1n) is 9.35. The van der Waals surface area contributed by atoms with Gasteiger partial charge in [-0.05, 0) is 60.7 Å². The molecule has 3 aromatic rings. The van der Waals surface area contributed by atoms with Gasteiger partial charge in [0.2, 0.25) is 5.91 Å². The topological polar surface area (TPSA) is 66.5 Å². The van der Waals surface area contributed by atoms with Gasteiger partial charge in [-0.2, -0.15) is 0 Å². The lowest BCUT2D eigenvalue weighted by atomic mass is 10.3. The lowest BCUT2D eigenvalue weighted by Crippen LogP contribution is -2.41. The molecule has 0 aliphatic rings. The summed E-state index contributed by atoms with van der Waals surface area (Å²) in [5, 5.41) is 3.88. The number of carbonyl (C=O) groups is 1. The Balaban J connectivity index is 1.66. The van der Waals surface area contributed by atoms with E-state index in [-0.39, 0.29) is 11.4 Å². The van der Waals surface area contributed by atoms with Gasteiger partial charge in [-0.3, -0.25) is 9.10 Å². The first-order chi connectivity index (χ1) is 14.9. The quantitative estimate of drug-likeness (QED) is 0.332. The molecule has 1 N–H and O–H groups in total. The second-order valence-corrected chi connectivity index (χ2v) is 10.4. The Morgan fingerprint density at radius 2 is 1.45 bits per heavy atom. The number of rotatable bonds is 9. The van der Waals surface area contributed by atoms with Crippen molar-refractivity contribution >= 4 is 56.6 Å². The van der Waals surface area contributed by atoms with Crippen molar-refractivity contribution in [3.05, 3.63) is 88.9 Å². The van der Waals surface area contributed by atoms with Gasteiger partial charge in [0.25, 0.3) is 10.0 Å². The molecule has 0 aliphatic carbocycles. The van der Waals surface area contributed by atoms with Crippen LogP contribution in [0.4, 0.5) is 5.69 Å². The van der Waals surface area contributed by atoms with Crippen molar-refractivity contribution in [2.24, 2.45) is 0 Å². The molecule has 0 fully saturated rings. The molecule has 0 aromatic heterocycles. The van der Waals surface area contributed by atoms with Gasteiger partial charge in [0.1, 0.15) is 6.54 Å². The highest BCUT2D eigenvalue weighted by molar-refractivity contribution is 7.99. The minimum Gasteiger partial charge on any atom is -0.354 e. The zero-order valence-corrected chi connectivity index (χ0v) is 19.5. The number of sulfonamides is 1. The minimum atomic E-state index is -3.95. The molecule has 3 rings (SSSR count). The van der Waals surface area contributed by atoms with Crippen molar-refractivity contribution in [1.82, 2.24) is 5.32 Å². The van der Waals surface area contributed by atoms with Gasteiger partial charge in [0.05, 0.1) is 10.6 Å². The number of amides is 1. The zero-order chi connectivity index (χ0) is 22.3. The fourth-order valence-corrected chi connectivity index (χ4v) is 5.16. The average molecular weight is 495 g/mol. The molecule has 0 unspecified atom stereocenters. The number of nitrogens with zero attached hydrogens (tertiary/aromatic N) is 1. The predicted molar refractivity (Wildman–Crippen MR) is 128 cm³/mol. The molecule has 9 heteroatoms. The molecule has 0 aliphatic heterocycles. The van der Waals surface area contributed by atoms with Gasteiger partial charge in [-0.1, -0.05) is 41.4 Å². The normalized spacial score (nSPS) is 11.2. The van der Waals surface area contributed by atoms with E-state index in [4.69, 9.17) is 23.2 Å². The molecule has 3 aromatic carbocycles. The number of thioether (sulfide) groups is 1. The van der Waals surface area contributed by atoms with Gasteiger partial charge in [0, 0.05) is 27.2 Å². The van der Waals surface area contributed by atoms with Gasteiger partial charge in [-0.25, -0.2) is 8.42 Å². The Morgan fingerprint density at radius 3 is 2.06 bits per heavy atom. The highest BCUT2D eigenvalue weighted by atomic mass is 35.5. The molecule has 0 bridgehead atoms. The maximum atomic E-state index is 13.2. The predicted octanol–water partition coefficient (Wildman–Crippen LogP) is 5.10. The third kappa shape index (κ3) is 6.64. The maximum absolute atomic E-state index is 13.2. The lowest BCUT2D eigenvalue weighted by molar-refractivity contribution is -0.119. The monoisotopic (exact) mass is 494 g/mol. The van der Waals surface area contributed by atoms with E-state index in [1.807, 2.05) is 24.3 Å². The maximum Gasteiger partial charge on any atom is 0.264 e. The summed E-state index contributed by atoms with van der Waals surface area (Å²) >= 11 is 13.3. The molecular formula is C22H20Cl2N2O3S2. The summed E-state index contributed by atoms with van der Waals surface area (Å²) in [6, 6.07) is 21.8. The van der Waals surface area contributed by atoms with Crippen molar-refractivity contribution in [3.63, 3.8) is 0 Å². The molecule has 0 heterocycles. The second-order valence-electron chi connectivity index (χ2n) is 6.45. The molecule has 31 heavy (non-hydrogen) atoms. The Bertz CT molecular complexity index is 1110. The highest BCUT2D eigenvalue weighted by Crippen LogP contribution is 2.24. The van der Waals surface area contributed by atoms with Crippen LogP contribution in [-0.2, 0) is 14.8 Å². The Kier molecular flexibility index (Phi) is 8.26. The number of hydrogen-bond acceptors (Lipinski definition) is 4. The summed E-state index contributed by atoms with van der Waals surface area (Å²) in [5.41, 5.74) is 0.406. The molecule has 0 radical (unpaired) electrons. The molecule has 0 saturated heterocycles. The van der Waals surface area contributed by atoms with Crippen LogP contribution in [0.15, 0.2) is 88.7 Å². The van der Waals surface area contributed by atoms with Crippen LogP contribution in [0.3, 0.4) is 0 Å². The second kappa shape index (κ2) is 10.9. The third-order valence-corrected chi connectivity index (χ3v) is 7.55. The van der Waals surface area contributed by atoms with E-state index < -0.39 is 15.9 Å². The number of halogens is 2. The van der Waals surface area contributed by atoms with E-state index in [0.29, 0.717) is 28.0 Å². The van der Waals surface area contributed by atoms with Crippen LogP contribution in [0.2, 0.25) is 10.0 Å². The summed E-state index contributed by atoms with van der Waals surface area (Å²) in [6.07, 6.45) is 0. The smallest absolute Gasteiger partial charge is 0.264 e. The van der Waals surface area contributed by atoms with Gasteiger partial charge in [0.15, 0.2) is 0 Å². The lowest BCUT2D eigenvalue weighted by Gasteiger charge is -2.24. The number of hydrogen-bond donors (Lipinski definition) is 1. The fraction of sp³-hybridized carbons (Fsp3) is 0.136.